The van der Waals surface area contributed by atoms with Crippen molar-refractivity contribution in [3.63, 3.8) is 0 Å². The Morgan fingerprint density at radius 3 is 2.63 bits per heavy atom. The Bertz CT molecular complexity index is 820. The molecule has 8 heteroatoms. The number of amides is 1. The Morgan fingerprint density at radius 1 is 1.15 bits per heavy atom. The molecule has 27 heavy (non-hydrogen) atoms. The minimum Gasteiger partial charge on any atom is -0.493 e. The van der Waals surface area contributed by atoms with Crippen molar-refractivity contribution >= 4 is 23.5 Å². The number of hydrogen-bond acceptors (Lipinski definition) is 6. The Hall–Kier alpha value is -2.93. The first kappa shape index (κ1) is 18.8. The molecule has 0 spiro atoms. The standard InChI is InChI=1S/C19H18ClNO6/c1-24-15-8-13(9-16-18(15)26-7-6-25-16)19(23)27-11-17(22)21-10-12-2-4-14(20)5-3-12/h2-5,8-9H,6-7,10-11H2,1H3,(H,21,22). The first-order valence-corrected chi connectivity index (χ1v) is 8.60. The van der Waals surface area contributed by atoms with E-state index in [0.717, 1.165) is 5.56 Å². The van der Waals surface area contributed by atoms with Gasteiger partial charge in [0.1, 0.15) is 13.2 Å². The van der Waals surface area contributed by atoms with Gasteiger partial charge >= 0.3 is 5.97 Å². The third-order valence-corrected chi connectivity index (χ3v) is 4.05. The summed E-state index contributed by atoms with van der Waals surface area (Å²) in [6.07, 6.45) is 0. The van der Waals surface area contributed by atoms with Crippen LogP contribution in [0.15, 0.2) is 36.4 Å². The minimum absolute atomic E-state index is 0.210. The van der Waals surface area contributed by atoms with Crippen LogP contribution in [-0.4, -0.2) is 38.8 Å². The largest absolute Gasteiger partial charge is 0.493 e. The summed E-state index contributed by atoms with van der Waals surface area (Å²) < 4.78 is 21.2. The van der Waals surface area contributed by atoms with E-state index in [0.29, 0.717) is 42.0 Å². The van der Waals surface area contributed by atoms with Gasteiger partial charge in [-0.2, -0.15) is 0 Å². The van der Waals surface area contributed by atoms with Crippen molar-refractivity contribution in [2.75, 3.05) is 26.9 Å². The SMILES string of the molecule is COc1cc(C(=O)OCC(=O)NCc2ccc(Cl)cc2)cc2c1OCCO2. The fourth-order valence-corrected chi connectivity index (χ4v) is 2.59. The molecule has 0 radical (unpaired) electrons. The number of halogens is 1. The average molecular weight is 392 g/mol. The van der Waals surface area contributed by atoms with Crippen molar-refractivity contribution in [3.8, 4) is 17.2 Å². The predicted octanol–water partition coefficient (Wildman–Crippen LogP) is 2.59. The molecular weight excluding hydrogens is 374 g/mol. The van der Waals surface area contributed by atoms with Crippen LogP contribution in [0.3, 0.4) is 0 Å². The number of ether oxygens (including phenoxy) is 4. The molecule has 1 amide bonds. The third-order valence-electron chi connectivity index (χ3n) is 3.80. The summed E-state index contributed by atoms with van der Waals surface area (Å²) in [5, 5.41) is 3.29. The van der Waals surface area contributed by atoms with Crippen molar-refractivity contribution in [1.29, 1.82) is 0 Å². The maximum atomic E-state index is 12.2. The highest BCUT2D eigenvalue weighted by Crippen LogP contribution is 2.40. The molecule has 0 unspecified atom stereocenters. The molecule has 0 saturated carbocycles. The van der Waals surface area contributed by atoms with Crippen molar-refractivity contribution in [2.24, 2.45) is 0 Å². The summed E-state index contributed by atoms with van der Waals surface area (Å²) >= 11 is 5.81. The van der Waals surface area contributed by atoms with Gasteiger partial charge in [0.05, 0.1) is 12.7 Å². The maximum Gasteiger partial charge on any atom is 0.338 e. The Balaban J connectivity index is 1.55. The Morgan fingerprint density at radius 2 is 1.89 bits per heavy atom. The van der Waals surface area contributed by atoms with E-state index < -0.39 is 18.5 Å². The van der Waals surface area contributed by atoms with E-state index >= 15 is 0 Å². The number of methoxy groups -OCH3 is 1. The number of carbonyl (C=O) groups is 2. The van der Waals surface area contributed by atoms with Gasteiger partial charge in [-0.25, -0.2) is 4.79 Å². The van der Waals surface area contributed by atoms with Gasteiger partial charge in [-0.05, 0) is 29.8 Å². The zero-order chi connectivity index (χ0) is 19.2. The van der Waals surface area contributed by atoms with Crippen LogP contribution in [0.1, 0.15) is 15.9 Å². The van der Waals surface area contributed by atoms with Gasteiger partial charge in [0.25, 0.3) is 5.91 Å². The molecule has 2 aromatic carbocycles. The third kappa shape index (κ3) is 4.83. The number of nitrogens with one attached hydrogen (secondary N) is 1. The summed E-state index contributed by atoms with van der Waals surface area (Å²) in [6, 6.07) is 10.1. The molecule has 1 aliphatic heterocycles. The van der Waals surface area contributed by atoms with Crippen molar-refractivity contribution < 1.29 is 28.5 Å². The van der Waals surface area contributed by atoms with E-state index in [9.17, 15) is 9.59 Å². The van der Waals surface area contributed by atoms with E-state index in [-0.39, 0.29) is 5.56 Å². The molecule has 2 aromatic rings. The van der Waals surface area contributed by atoms with Crippen molar-refractivity contribution in [2.45, 2.75) is 6.54 Å². The first-order chi connectivity index (χ1) is 13.1. The number of hydrogen-bond donors (Lipinski definition) is 1. The van der Waals surface area contributed by atoms with Crippen molar-refractivity contribution in [3.05, 3.63) is 52.5 Å². The highest BCUT2D eigenvalue weighted by atomic mass is 35.5. The summed E-state index contributed by atoms with van der Waals surface area (Å²) in [7, 11) is 1.47. The van der Waals surface area contributed by atoms with Crippen LogP contribution in [-0.2, 0) is 16.1 Å². The molecule has 3 rings (SSSR count). The maximum absolute atomic E-state index is 12.2. The summed E-state index contributed by atoms with van der Waals surface area (Å²) in [6.45, 7) is 0.692. The van der Waals surface area contributed by atoms with Gasteiger partial charge in [0.2, 0.25) is 5.75 Å². The second-order valence-corrected chi connectivity index (χ2v) is 6.12. The fourth-order valence-electron chi connectivity index (χ4n) is 2.46. The lowest BCUT2D eigenvalue weighted by atomic mass is 10.1. The van der Waals surface area contributed by atoms with Gasteiger partial charge in [-0.15, -0.1) is 0 Å². The summed E-state index contributed by atoms with van der Waals surface area (Å²) in [5.41, 5.74) is 1.09. The van der Waals surface area contributed by atoms with Crippen LogP contribution in [0.25, 0.3) is 0 Å². The predicted molar refractivity (Wildman–Crippen MR) is 97.6 cm³/mol. The number of rotatable bonds is 6. The lowest BCUT2D eigenvalue weighted by Gasteiger charge is -2.21. The van der Waals surface area contributed by atoms with E-state index in [1.165, 1.54) is 19.2 Å². The van der Waals surface area contributed by atoms with Gasteiger partial charge in [0, 0.05) is 11.6 Å². The number of fused-ring (bicyclic) bond motifs is 1. The van der Waals surface area contributed by atoms with Crippen LogP contribution >= 0.6 is 11.6 Å². The van der Waals surface area contributed by atoms with Gasteiger partial charge in [0.15, 0.2) is 18.1 Å². The van der Waals surface area contributed by atoms with E-state index in [4.69, 9.17) is 30.5 Å². The van der Waals surface area contributed by atoms with Crippen LogP contribution in [0, 0.1) is 0 Å². The van der Waals surface area contributed by atoms with Gasteiger partial charge < -0.3 is 24.3 Å². The van der Waals surface area contributed by atoms with Crippen LogP contribution in [0.4, 0.5) is 0 Å². The van der Waals surface area contributed by atoms with Gasteiger partial charge in [-0.3, -0.25) is 4.79 Å². The quantitative estimate of drug-likeness (QED) is 0.762. The zero-order valence-corrected chi connectivity index (χ0v) is 15.4. The summed E-state index contributed by atoms with van der Waals surface area (Å²) in [5.74, 6) is 0.141. The highest BCUT2D eigenvalue weighted by Gasteiger charge is 2.22. The normalized spacial score (nSPS) is 12.2. The van der Waals surface area contributed by atoms with E-state index in [1.807, 2.05) is 0 Å². The second-order valence-electron chi connectivity index (χ2n) is 5.68. The monoisotopic (exact) mass is 391 g/mol. The number of esters is 1. The minimum atomic E-state index is -0.660. The molecule has 0 aromatic heterocycles. The van der Waals surface area contributed by atoms with Crippen LogP contribution < -0.4 is 19.5 Å². The number of benzene rings is 2. The molecular formula is C19H18ClNO6. The van der Waals surface area contributed by atoms with Crippen LogP contribution in [0.5, 0.6) is 17.2 Å². The van der Waals surface area contributed by atoms with E-state index in [2.05, 4.69) is 5.32 Å². The van der Waals surface area contributed by atoms with Crippen molar-refractivity contribution in [1.82, 2.24) is 5.32 Å². The average Bonchev–Trinajstić information content (AvgIpc) is 2.70. The van der Waals surface area contributed by atoms with Crippen LogP contribution in [0.2, 0.25) is 5.02 Å². The highest BCUT2D eigenvalue weighted by molar-refractivity contribution is 6.30. The summed E-state index contributed by atoms with van der Waals surface area (Å²) in [4.78, 5) is 24.1. The zero-order valence-electron chi connectivity index (χ0n) is 14.6. The fraction of sp³-hybridized carbons (Fsp3) is 0.263. The molecule has 0 bridgehead atoms. The molecule has 0 aliphatic carbocycles. The molecule has 1 N–H and O–H groups in total. The molecule has 0 saturated heterocycles. The Labute approximate surface area is 161 Å². The first-order valence-electron chi connectivity index (χ1n) is 8.22. The molecule has 1 heterocycles. The topological polar surface area (TPSA) is 83.1 Å². The molecule has 0 atom stereocenters. The lowest BCUT2D eigenvalue weighted by Crippen LogP contribution is -2.28. The number of carbonyl (C=O) groups excluding carboxylic acids is 2. The second kappa shape index (κ2) is 8.64. The molecule has 142 valence electrons. The smallest absolute Gasteiger partial charge is 0.338 e. The molecule has 0 fully saturated rings. The molecule has 1 aliphatic rings. The lowest BCUT2D eigenvalue weighted by molar-refractivity contribution is -0.124. The molecule has 7 nitrogen and oxygen atoms in total. The van der Waals surface area contributed by atoms with E-state index in [1.54, 1.807) is 24.3 Å². The Kier molecular flexibility index (Phi) is 6.03. The van der Waals surface area contributed by atoms with Gasteiger partial charge in [-0.1, -0.05) is 23.7 Å².